The highest BCUT2D eigenvalue weighted by Gasteiger charge is 2.17. The van der Waals surface area contributed by atoms with E-state index in [4.69, 9.17) is 39.2 Å². The first-order chi connectivity index (χ1) is 10.0. The van der Waals surface area contributed by atoms with Gasteiger partial charge in [0.05, 0.1) is 19.1 Å². The van der Waals surface area contributed by atoms with Crippen LogP contribution in [0.4, 0.5) is 6.01 Å². The number of rotatable bonds is 3. The first-order valence-corrected chi connectivity index (χ1v) is 8.15. The zero-order valence-corrected chi connectivity index (χ0v) is 13.8. The first-order valence-electron chi connectivity index (χ1n) is 5.38. The van der Waals surface area contributed by atoms with Crippen molar-refractivity contribution in [3.63, 3.8) is 0 Å². The van der Waals surface area contributed by atoms with Crippen molar-refractivity contribution in [3.05, 3.63) is 36.1 Å². The van der Waals surface area contributed by atoms with Gasteiger partial charge in [-0.15, -0.1) is 27.8 Å². The van der Waals surface area contributed by atoms with Crippen LogP contribution in [0, 0.1) is 0 Å². The predicted octanol–water partition coefficient (Wildman–Crippen LogP) is 5.07. The molecule has 0 fully saturated rings. The first kappa shape index (κ1) is 14.8. The van der Waals surface area contributed by atoms with Crippen LogP contribution in [0.15, 0.2) is 22.6 Å². The Bertz CT molecular complexity index is 811. The van der Waals surface area contributed by atoms with Crippen molar-refractivity contribution in [2.45, 2.75) is 0 Å². The molecule has 3 heterocycles. The molecule has 3 rings (SSSR count). The van der Waals surface area contributed by atoms with Gasteiger partial charge in [-0.3, -0.25) is 10.1 Å². The van der Waals surface area contributed by atoms with Crippen molar-refractivity contribution >= 4 is 69.4 Å². The maximum Gasteiger partial charge on any atom is 0.322 e. The normalized spacial score (nSPS) is 10.8. The highest BCUT2D eigenvalue weighted by atomic mass is 35.5. The van der Waals surface area contributed by atoms with Gasteiger partial charge < -0.3 is 4.42 Å². The number of anilines is 1. The topological polar surface area (TPSA) is 68.0 Å². The van der Waals surface area contributed by atoms with Gasteiger partial charge in [-0.05, 0) is 18.2 Å². The van der Waals surface area contributed by atoms with Gasteiger partial charge in [0.2, 0.25) is 0 Å². The van der Waals surface area contributed by atoms with Crippen LogP contribution < -0.4 is 5.32 Å². The second kappa shape index (κ2) is 5.94. The lowest BCUT2D eigenvalue weighted by Gasteiger charge is -1.96. The fourth-order valence-corrected chi connectivity index (χ4v) is 3.85. The molecule has 3 aromatic rings. The van der Waals surface area contributed by atoms with E-state index in [1.165, 1.54) is 11.3 Å². The van der Waals surface area contributed by atoms with Gasteiger partial charge in [-0.2, -0.15) is 0 Å². The molecular formula is C11H4Cl3N3O2S2. The Kier molecular flexibility index (Phi) is 4.19. The molecule has 5 nitrogen and oxygen atoms in total. The van der Waals surface area contributed by atoms with Crippen LogP contribution in [-0.4, -0.2) is 16.1 Å². The van der Waals surface area contributed by atoms with Crippen LogP contribution in [0.5, 0.6) is 0 Å². The predicted molar refractivity (Wildman–Crippen MR) is 84.9 cm³/mol. The van der Waals surface area contributed by atoms with Gasteiger partial charge in [-0.25, -0.2) is 0 Å². The molecule has 0 aliphatic heterocycles. The van der Waals surface area contributed by atoms with Crippen LogP contribution in [0.1, 0.15) is 9.67 Å². The zero-order chi connectivity index (χ0) is 15.0. The Balaban J connectivity index is 1.79. The molecule has 108 valence electrons. The fraction of sp³-hybridized carbons (Fsp3) is 0. The molecule has 10 heteroatoms. The summed E-state index contributed by atoms with van der Waals surface area (Å²) in [5, 5.41) is 10.1. The molecule has 0 aliphatic carbocycles. The number of thiophene rings is 2. The molecule has 21 heavy (non-hydrogen) atoms. The Morgan fingerprint density at radius 3 is 2.57 bits per heavy atom. The number of nitrogens with zero attached hydrogens (tertiary/aromatic N) is 2. The number of hydrogen-bond donors (Lipinski definition) is 1. The SMILES string of the molecule is O=C(Nc1nnc(-c2cc(Cl)sc2Cl)o1)c1ccc(Cl)s1. The van der Waals surface area contributed by atoms with Crippen molar-refractivity contribution in [2.24, 2.45) is 0 Å². The largest absolute Gasteiger partial charge is 0.403 e. The second-order valence-electron chi connectivity index (χ2n) is 3.71. The number of hydrogen-bond acceptors (Lipinski definition) is 6. The molecule has 0 atom stereocenters. The molecule has 3 aromatic heterocycles. The van der Waals surface area contributed by atoms with Gasteiger partial charge in [0.1, 0.15) is 4.34 Å². The van der Waals surface area contributed by atoms with E-state index in [2.05, 4.69) is 15.5 Å². The fourth-order valence-electron chi connectivity index (χ4n) is 1.46. The molecule has 0 aliphatic rings. The van der Waals surface area contributed by atoms with Crippen molar-refractivity contribution in [1.82, 2.24) is 10.2 Å². The summed E-state index contributed by atoms with van der Waals surface area (Å²) in [6.45, 7) is 0. The van der Waals surface area contributed by atoms with E-state index in [1.807, 2.05) is 0 Å². The molecule has 0 saturated carbocycles. The quantitative estimate of drug-likeness (QED) is 0.688. The molecule has 0 bridgehead atoms. The molecule has 0 unspecified atom stereocenters. The number of carbonyl (C=O) groups excluding carboxylic acids is 1. The third kappa shape index (κ3) is 3.22. The molecule has 1 N–H and O–H groups in total. The van der Waals surface area contributed by atoms with Crippen LogP contribution in [0.2, 0.25) is 13.0 Å². The molecule has 0 radical (unpaired) electrons. The van der Waals surface area contributed by atoms with E-state index in [-0.39, 0.29) is 17.8 Å². The van der Waals surface area contributed by atoms with E-state index in [1.54, 1.807) is 18.2 Å². The van der Waals surface area contributed by atoms with E-state index in [0.717, 1.165) is 11.3 Å². The van der Waals surface area contributed by atoms with E-state index in [9.17, 15) is 4.79 Å². The number of nitrogens with one attached hydrogen (secondary N) is 1. The second-order valence-corrected chi connectivity index (χ2v) is 7.71. The van der Waals surface area contributed by atoms with Gasteiger partial charge in [-0.1, -0.05) is 39.9 Å². The smallest absolute Gasteiger partial charge is 0.322 e. The van der Waals surface area contributed by atoms with Crippen LogP contribution in [-0.2, 0) is 0 Å². The van der Waals surface area contributed by atoms with Crippen molar-refractivity contribution in [2.75, 3.05) is 5.32 Å². The van der Waals surface area contributed by atoms with Crippen LogP contribution in [0.3, 0.4) is 0 Å². The zero-order valence-electron chi connectivity index (χ0n) is 9.89. The summed E-state index contributed by atoms with van der Waals surface area (Å²) in [4.78, 5) is 12.4. The monoisotopic (exact) mass is 379 g/mol. The van der Waals surface area contributed by atoms with Crippen molar-refractivity contribution in [1.29, 1.82) is 0 Å². The molecule has 0 saturated heterocycles. The van der Waals surface area contributed by atoms with Crippen molar-refractivity contribution < 1.29 is 9.21 Å². The lowest BCUT2D eigenvalue weighted by atomic mass is 10.3. The highest BCUT2D eigenvalue weighted by Crippen LogP contribution is 2.37. The number of amides is 1. The van der Waals surface area contributed by atoms with E-state index in [0.29, 0.717) is 23.4 Å². The third-order valence-corrected chi connectivity index (χ3v) is 5.05. The van der Waals surface area contributed by atoms with Crippen molar-refractivity contribution in [3.8, 4) is 11.5 Å². The Hall–Kier alpha value is -1.12. The summed E-state index contributed by atoms with van der Waals surface area (Å²) < 4.78 is 6.81. The average molecular weight is 381 g/mol. The van der Waals surface area contributed by atoms with Gasteiger partial charge in [0, 0.05) is 0 Å². The minimum atomic E-state index is -0.378. The van der Waals surface area contributed by atoms with Crippen LogP contribution in [0.25, 0.3) is 11.5 Å². The van der Waals surface area contributed by atoms with Gasteiger partial charge in [0.15, 0.2) is 0 Å². The maximum absolute atomic E-state index is 11.9. The lowest BCUT2D eigenvalue weighted by molar-refractivity contribution is 0.102. The minimum absolute atomic E-state index is 0.0297. The van der Waals surface area contributed by atoms with E-state index >= 15 is 0 Å². The van der Waals surface area contributed by atoms with Crippen LogP contribution >= 0.6 is 57.5 Å². The Morgan fingerprint density at radius 2 is 1.95 bits per heavy atom. The summed E-state index contributed by atoms with van der Waals surface area (Å²) in [7, 11) is 0. The molecular weight excluding hydrogens is 377 g/mol. The summed E-state index contributed by atoms with van der Waals surface area (Å²) in [5.41, 5.74) is 0.527. The van der Waals surface area contributed by atoms with Gasteiger partial charge >= 0.3 is 6.01 Å². The summed E-state index contributed by atoms with van der Waals surface area (Å²) in [6.07, 6.45) is 0. The maximum atomic E-state index is 11.9. The van der Waals surface area contributed by atoms with E-state index < -0.39 is 0 Å². The average Bonchev–Trinajstić information content (AvgIpc) is 3.10. The number of halogens is 3. The summed E-state index contributed by atoms with van der Waals surface area (Å²) >= 11 is 20.0. The highest BCUT2D eigenvalue weighted by molar-refractivity contribution is 7.20. The molecule has 0 spiro atoms. The minimum Gasteiger partial charge on any atom is -0.403 e. The number of aromatic nitrogens is 2. The van der Waals surface area contributed by atoms with Gasteiger partial charge in [0.25, 0.3) is 11.8 Å². The Labute approximate surface area is 141 Å². The lowest BCUT2D eigenvalue weighted by Crippen LogP contribution is -2.10. The number of carbonyl (C=O) groups is 1. The Morgan fingerprint density at radius 1 is 1.14 bits per heavy atom. The molecule has 1 amide bonds. The molecule has 0 aromatic carbocycles. The third-order valence-electron chi connectivity index (χ3n) is 2.33. The summed E-state index contributed by atoms with van der Waals surface area (Å²) in [5.74, 6) is -0.195. The summed E-state index contributed by atoms with van der Waals surface area (Å²) in [6, 6.07) is 4.83. The standard InChI is InChI=1S/C11H4Cl3N3O2S2/c12-6-2-1-5(20-6)9(18)15-11-17-16-10(19-11)4-3-7(13)21-8(4)14/h1-3H,(H,15,17,18).